The zero-order valence-corrected chi connectivity index (χ0v) is 22.6. The third-order valence-electron chi connectivity index (χ3n) is 5.60. The monoisotopic (exact) mass is 563 g/mol. The number of carbonyl (C=O) groups excluding carboxylic acids is 1. The Morgan fingerprint density at radius 2 is 1.63 bits per heavy atom. The maximum Gasteiger partial charge on any atom is 0.273 e. The summed E-state index contributed by atoms with van der Waals surface area (Å²) in [4.78, 5) is 23.4. The molecule has 0 heterocycles. The van der Waals surface area contributed by atoms with E-state index in [0.29, 0.717) is 17.1 Å². The number of sulfonamides is 1. The van der Waals surface area contributed by atoms with E-state index in [-0.39, 0.29) is 39.2 Å². The van der Waals surface area contributed by atoms with Crippen molar-refractivity contribution in [1.29, 1.82) is 0 Å². The van der Waals surface area contributed by atoms with Crippen molar-refractivity contribution in [2.75, 3.05) is 32.2 Å². The molecule has 11 nitrogen and oxygen atoms in total. The minimum atomic E-state index is -4.48. The van der Waals surface area contributed by atoms with Gasteiger partial charge in [0, 0.05) is 23.2 Å². The zero-order chi connectivity index (χ0) is 28.0. The Morgan fingerprint density at radius 3 is 2.26 bits per heavy atom. The summed E-state index contributed by atoms with van der Waals surface area (Å²) in [5, 5.41) is 14.3. The van der Waals surface area contributed by atoms with Crippen LogP contribution in [0.2, 0.25) is 5.02 Å². The van der Waals surface area contributed by atoms with Crippen LogP contribution in [0.25, 0.3) is 0 Å². The van der Waals surface area contributed by atoms with Crippen LogP contribution in [0.1, 0.15) is 11.1 Å². The van der Waals surface area contributed by atoms with E-state index in [1.165, 1.54) is 58.6 Å². The molecule has 1 N–H and O–H groups in total. The van der Waals surface area contributed by atoms with E-state index >= 15 is 0 Å². The van der Waals surface area contributed by atoms with Crippen LogP contribution in [0, 0.1) is 17.0 Å². The summed E-state index contributed by atoms with van der Waals surface area (Å²) in [7, 11) is -0.158. The van der Waals surface area contributed by atoms with E-state index in [1.54, 1.807) is 18.2 Å². The molecule has 0 aliphatic heterocycles. The predicted molar refractivity (Wildman–Crippen MR) is 142 cm³/mol. The fraction of sp³-hybridized carbons (Fsp3) is 0.240. The van der Waals surface area contributed by atoms with Gasteiger partial charge in [-0.15, -0.1) is 0 Å². The highest BCUT2D eigenvalue weighted by Crippen LogP contribution is 2.36. The lowest BCUT2D eigenvalue weighted by Crippen LogP contribution is -2.41. The van der Waals surface area contributed by atoms with Gasteiger partial charge < -0.3 is 19.5 Å². The molecule has 3 rings (SSSR count). The van der Waals surface area contributed by atoms with Gasteiger partial charge in [-0.2, -0.15) is 0 Å². The Morgan fingerprint density at radius 1 is 0.974 bits per heavy atom. The fourth-order valence-electron chi connectivity index (χ4n) is 3.61. The number of hydrogen-bond donors (Lipinski definition) is 1. The normalized spacial score (nSPS) is 11.0. The number of methoxy groups -OCH3 is 3. The largest absolute Gasteiger partial charge is 0.495 e. The first-order chi connectivity index (χ1) is 18.0. The van der Waals surface area contributed by atoms with Gasteiger partial charge in [0.2, 0.25) is 5.91 Å². The van der Waals surface area contributed by atoms with Gasteiger partial charge in [0.1, 0.15) is 12.3 Å². The maximum atomic E-state index is 13.8. The number of ether oxygens (including phenoxy) is 3. The lowest BCUT2D eigenvalue weighted by Gasteiger charge is -2.26. The van der Waals surface area contributed by atoms with Gasteiger partial charge in [-0.3, -0.25) is 19.2 Å². The van der Waals surface area contributed by atoms with E-state index in [4.69, 9.17) is 25.8 Å². The van der Waals surface area contributed by atoms with Crippen LogP contribution in [-0.2, 0) is 21.4 Å². The van der Waals surface area contributed by atoms with E-state index in [0.717, 1.165) is 10.4 Å². The Balaban J connectivity index is 1.98. The van der Waals surface area contributed by atoms with Crippen molar-refractivity contribution in [2.24, 2.45) is 0 Å². The second-order valence-electron chi connectivity index (χ2n) is 8.00. The van der Waals surface area contributed by atoms with Gasteiger partial charge in [0.25, 0.3) is 15.7 Å². The molecular formula is C25H26ClN3O8S. The third-order valence-corrected chi connectivity index (χ3v) is 7.59. The Bertz CT molecular complexity index is 1460. The summed E-state index contributed by atoms with van der Waals surface area (Å²) < 4.78 is 44.1. The molecule has 0 fully saturated rings. The van der Waals surface area contributed by atoms with E-state index in [9.17, 15) is 23.3 Å². The van der Waals surface area contributed by atoms with Crippen molar-refractivity contribution in [3.8, 4) is 17.2 Å². The minimum absolute atomic E-state index is 0.00973. The molecule has 0 atom stereocenters. The lowest BCUT2D eigenvalue weighted by molar-refractivity contribution is -0.385. The van der Waals surface area contributed by atoms with Crippen molar-refractivity contribution in [3.63, 3.8) is 0 Å². The highest BCUT2D eigenvalue weighted by Gasteiger charge is 2.31. The number of aryl methyl sites for hydroxylation is 1. The molecule has 3 aromatic carbocycles. The number of nitrogens with zero attached hydrogens (tertiary/aromatic N) is 2. The van der Waals surface area contributed by atoms with Crippen LogP contribution in [0.4, 0.5) is 11.4 Å². The molecular weight excluding hydrogens is 538 g/mol. The molecule has 0 spiro atoms. The summed E-state index contributed by atoms with van der Waals surface area (Å²) in [6.45, 7) is 0.900. The summed E-state index contributed by atoms with van der Waals surface area (Å²) in [6.07, 6.45) is 0. The molecule has 202 valence electrons. The number of halogens is 1. The molecule has 0 radical (unpaired) electrons. The number of benzene rings is 3. The number of rotatable bonds is 11. The van der Waals surface area contributed by atoms with E-state index in [1.807, 2.05) is 0 Å². The number of nitro benzene ring substituents is 1. The fourth-order valence-corrected chi connectivity index (χ4v) is 5.22. The Kier molecular flexibility index (Phi) is 9.02. The van der Waals surface area contributed by atoms with Crippen molar-refractivity contribution in [1.82, 2.24) is 5.32 Å². The predicted octanol–water partition coefficient (Wildman–Crippen LogP) is 4.09. The van der Waals surface area contributed by atoms with Crippen LogP contribution >= 0.6 is 11.6 Å². The first kappa shape index (κ1) is 28.5. The molecule has 13 heteroatoms. The lowest BCUT2D eigenvalue weighted by atomic mass is 10.2. The highest BCUT2D eigenvalue weighted by molar-refractivity contribution is 7.92. The maximum absolute atomic E-state index is 13.8. The number of nitro groups is 1. The number of nitrogens with one attached hydrogen (secondary N) is 1. The van der Waals surface area contributed by atoms with Crippen molar-refractivity contribution < 1.29 is 32.3 Å². The Hall–Kier alpha value is -4.03. The second-order valence-corrected chi connectivity index (χ2v) is 10.3. The summed E-state index contributed by atoms with van der Waals surface area (Å²) >= 11 is 6.14. The molecule has 0 saturated heterocycles. The Labute approximate surface area is 225 Å². The van der Waals surface area contributed by atoms with Crippen LogP contribution in [0.15, 0.2) is 59.5 Å². The first-order valence-electron chi connectivity index (χ1n) is 11.1. The molecule has 0 aliphatic rings. The van der Waals surface area contributed by atoms with E-state index in [2.05, 4.69) is 5.32 Å². The average Bonchev–Trinajstić information content (AvgIpc) is 2.90. The molecule has 0 bridgehead atoms. The SMILES string of the molecule is COc1ccc(CNC(=O)CN(c2cc(Cl)ccc2OC)S(=O)(=O)c2ccc(C)c([N+](=O)[O-])c2)cc1OC. The van der Waals surface area contributed by atoms with Crippen molar-refractivity contribution in [2.45, 2.75) is 18.4 Å². The molecule has 1 amide bonds. The first-order valence-corrected chi connectivity index (χ1v) is 12.9. The molecule has 3 aromatic rings. The number of carbonyl (C=O) groups is 1. The number of amides is 1. The van der Waals surface area contributed by atoms with Crippen molar-refractivity contribution >= 4 is 38.9 Å². The van der Waals surface area contributed by atoms with Gasteiger partial charge in [-0.05, 0) is 48.9 Å². The number of anilines is 1. The van der Waals surface area contributed by atoms with Crippen LogP contribution in [0.3, 0.4) is 0 Å². The zero-order valence-electron chi connectivity index (χ0n) is 21.1. The van der Waals surface area contributed by atoms with Crippen LogP contribution in [-0.4, -0.2) is 47.1 Å². The van der Waals surface area contributed by atoms with Gasteiger partial charge in [-0.1, -0.05) is 23.7 Å². The average molecular weight is 564 g/mol. The smallest absolute Gasteiger partial charge is 0.273 e. The van der Waals surface area contributed by atoms with Gasteiger partial charge in [0.05, 0.1) is 36.8 Å². The summed E-state index contributed by atoms with van der Waals surface area (Å²) in [5.41, 5.74) is 0.583. The molecule has 0 saturated carbocycles. The quantitative estimate of drug-likeness (QED) is 0.272. The van der Waals surface area contributed by atoms with Gasteiger partial charge in [0.15, 0.2) is 11.5 Å². The van der Waals surface area contributed by atoms with E-state index < -0.39 is 27.4 Å². The highest BCUT2D eigenvalue weighted by atomic mass is 35.5. The third kappa shape index (κ3) is 6.26. The van der Waals surface area contributed by atoms with Crippen LogP contribution in [0.5, 0.6) is 17.2 Å². The van der Waals surface area contributed by atoms with Crippen LogP contribution < -0.4 is 23.8 Å². The summed E-state index contributed by atoms with van der Waals surface area (Å²) in [5.74, 6) is 0.465. The molecule has 38 heavy (non-hydrogen) atoms. The second kappa shape index (κ2) is 12.0. The van der Waals surface area contributed by atoms with Gasteiger partial charge in [-0.25, -0.2) is 8.42 Å². The number of hydrogen-bond acceptors (Lipinski definition) is 8. The topological polar surface area (TPSA) is 137 Å². The molecule has 0 aliphatic carbocycles. The molecule has 0 aromatic heterocycles. The van der Waals surface area contributed by atoms with Gasteiger partial charge >= 0.3 is 0 Å². The minimum Gasteiger partial charge on any atom is -0.495 e. The van der Waals surface area contributed by atoms with Crippen molar-refractivity contribution in [3.05, 3.63) is 80.9 Å². The molecule has 0 unspecified atom stereocenters. The standard InChI is InChI=1S/C25H26ClN3O8S/c1-16-5-8-19(13-20(16)29(31)32)38(33,34)28(21-12-18(26)7-10-22(21)35-2)15-25(30)27-14-17-6-9-23(36-3)24(11-17)37-4/h5-13H,14-15H2,1-4H3,(H,27,30). The summed E-state index contributed by atoms with van der Waals surface area (Å²) in [6, 6.07) is 12.9.